The number of nitrogens with zero attached hydrogens (tertiary/aromatic N) is 1. The number of nitro groups is 1. The van der Waals surface area contributed by atoms with Gasteiger partial charge in [0.1, 0.15) is 15.0 Å². The minimum absolute atomic E-state index is 0.129. The molecule has 0 aromatic heterocycles. The van der Waals surface area contributed by atoms with Crippen LogP contribution < -0.4 is 5.32 Å². The van der Waals surface area contributed by atoms with E-state index >= 15 is 0 Å². The zero-order valence-corrected chi connectivity index (χ0v) is 14.8. The summed E-state index contributed by atoms with van der Waals surface area (Å²) in [7, 11) is 0. The molecule has 2 N–H and O–H groups in total. The van der Waals surface area contributed by atoms with Gasteiger partial charge in [0.05, 0.1) is 17.0 Å². The maximum absolute atomic E-state index is 13.0. The fraction of sp³-hybridized carbons (Fsp3) is 0.188. The van der Waals surface area contributed by atoms with Crippen LogP contribution in [-0.4, -0.2) is 22.5 Å². The Balaban J connectivity index is 2.14. The van der Waals surface area contributed by atoms with Gasteiger partial charge in [-0.05, 0) is 53.3 Å². The first-order valence-corrected chi connectivity index (χ1v) is 8.00. The van der Waals surface area contributed by atoms with Gasteiger partial charge in [0.2, 0.25) is 0 Å². The van der Waals surface area contributed by atoms with Crippen LogP contribution in [0.4, 0.5) is 10.1 Å². The van der Waals surface area contributed by atoms with Gasteiger partial charge < -0.3 is 10.4 Å². The molecule has 126 valence electrons. The van der Waals surface area contributed by atoms with Crippen LogP contribution in [0.3, 0.4) is 0 Å². The lowest BCUT2D eigenvalue weighted by molar-refractivity contribution is -0.385. The van der Waals surface area contributed by atoms with E-state index in [0.717, 1.165) is 0 Å². The Morgan fingerprint density at radius 1 is 1.33 bits per heavy atom. The predicted molar refractivity (Wildman–Crippen MR) is 94.1 cm³/mol. The molecule has 0 unspecified atom stereocenters. The number of amides is 1. The summed E-state index contributed by atoms with van der Waals surface area (Å²) in [5.74, 6) is -0.963. The average Bonchev–Trinajstić information content (AvgIpc) is 2.53. The van der Waals surface area contributed by atoms with Crippen molar-refractivity contribution in [2.75, 3.05) is 6.54 Å². The summed E-state index contributed by atoms with van der Waals surface area (Å²) in [6, 6.07) is 9.50. The zero-order valence-electron chi connectivity index (χ0n) is 12.6. The summed E-state index contributed by atoms with van der Waals surface area (Å²) >= 11 is 1.74. The van der Waals surface area contributed by atoms with Crippen LogP contribution in [0.1, 0.15) is 22.8 Å². The predicted octanol–water partition coefficient (Wildman–Crippen LogP) is 2.98. The molecule has 0 aliphatic heterocycles. The van der Waals surface area contributed by atoms with E-state index in [1.165, 1.54) is 49.4 Å². The van der Waals surface area contributed by atoms with Crippen LogP contribution in [0.25, 0.3) is 0 Å². The molecule has 0 saturated heterocycles. The number of rotatable bonds is 5. The highest BCUT2D eigenvalue weighted by molar-refractivity contribution is 14.1. The van der Waals surface area contributed by atoms with Crippen molar-refractivity contribution in [2.24, 2.45) is 0 Å². The molecule has 0 aliphatic carbocycles. The van der Waals surface area contributed by atoms with Crippen LogP contribution in [-0.2, 0) is 5.60 Å². The van der Waals surface area contributed by atoms with Crippen LogP contribution in [0, 0.1) is 19.5 Å². The molecule has 0 bridgehead atoms. The Bertz CT molecular complexity index is 778. The van der Waals surface area contributed by atoms with Gasteiger partial charge in [-0.15, -0.1) is 0 Å². The number of halogens is 2. The maximum atomic E-state index is 13.0. The fourth-order valence-corrected chi connectivity index (χ4v) is 2.90. The van der Waals surface area contributed by atoms with E-state index < -0.39 is 22.2 Å². The van der Waals surface area contributed by atoms with Crippen molar-refractivity contribution in [3.63, 3.8) is 0 Å². The molecule has 0 spiro atoms. The highest BCUT2D eigenvalue weighted by Crippen LogP contribution is 2.25. The van der Waals surface area contributed by atoms with Gasteiger partial charge in [0, 0.05) is 6.07 Å². The van der Waals surface area contributed by atoms with Gasteiger partial charge in [0.15, 0.2) is 0 Å². The number of nitrogens with one attached hydrogen (secondary N) is 1. The summed E-state index contributed by atoms with van der Waals surface area (Å²) in [6.07, 6.45) is 0. The molecule has 1 atom stereocenters. The summed E-state index contributed by atoms with van der Waals surface area (Å²) in [6.45, 7) is 1.36. The van der Waals surface area contributed by atoms with Crippen LogP contribution in [0.5, 0.6) is 0 Å². The number of hydrogen-bond donors (Lipinski definition) is 2. The Labute approximate surface area is 151 Å². The minimum Gasteiger partial charge on any atom is -0.384 e. The molecule has 0 saturated carbocycles. The smallest absolute Gasteiger partial charge is 0.283 e. The molecule has 24 heavy (non-hydrogen) atoms. The number of carbonyl (C=O) groups is 1. The van der Waals surface area contributed by atoms with E-state index in [4.69, 9.17) is 0 Å². The standard InChI is InChI=1S/C16H14FIN2O4/c1-16(22,10-5-7-11(17)8-6-10)9-19-15(21)12-3-2-4-13(14(12)18)20(23)24/h2-8,22H,9H2,1H3,(H,19,21)/t16-/m1/s1. The highest BCUT2D eigenvalue weighted by atomic mass is 127. The molecule has 0 aliphatic rings. The second kappa shape index (κ2) is 7.22. The van der Waals surface area contributed by atoms with Crippen molar-refractivity contribution in [3.05, 3.63) is 73.1 Å². The fourth-order valence-electron chi connectivity index (χ4n) is 2.09. The first kappa shape index (κ1) is 18.3. The third-order valence-electron chi connectivity index (χ3n) is 3.48. The van der Waals surface area contributed by atoms with Crippen molar-refractivity contribution in [1.82, 2.24) is 5.32 Å². The van der Waals surface area contributed by atoms with Gasteiger partial charge in [-0.2, -0.15) is 0 Å². The molecule has 2 rings (SSSR count). The molecule has 0 radical (unpaired) electrons. The molecule has 1 amide bonds. The number of benzene rings is 2. The van der Waals surface area contributed by atoms with Gasteiger partial charge in [-0.25, -0.2) is 4.39 Å². The van der Waals surface area contributed by atoms with E-state index in [-0.39, 0.29) is 21.4 Å². The Hall–Kier alpha value is -2.07. The second-order valence-corrected chi connectivity index (χ2v) is 6.44. The number of hydrogen-bond acceptors (Lipinski definition) is 4. The lowest BCUT2D eigenvalue weighted by Crippen LogP contribution is -2.38. The van der Waals surface area contributed by atoms with Crippen LogP contribution >= 0.6 is 22.6 Å². The summed E-state index contributed by atoms with van der Waals surface area (Å²) in [5, 5.41) is 23.9. The van der Waals surface area contributed by atoms with Crippen molar-refractivity contribution in [2.45, 2.75) is 12.5 Å². The number of carbonyl (C=O) groups excluding carboxylic acids is 1. The normalized spacial score (nSPS) is 13.2. The molecule has 2 aromatic carbocycles. The van der Waals surface area contributed by atoms with Gasteiger partial charge in [-0.3, -0.25) is 14.9 Å². The van der Waals surface area contributed by atoms with Gasteiger partial charge >= 0.3 is 0 Å². The number of aliphatic hydroxyl groups is 1. The SMILES string of the molecule is C[C@@](O)(CNC(=O)c1cccc([N+](=O)[O-])c1I)c1ccc(F)cc1. The monoisotopic (exact) mass is 444 g/mol. The van der Waals surface area contributed by atoms with E-state index in [2.05, 4.69) is 5.32 Å². The minimum atomic E-state index is -1.41. The van der Waals surface area contributed by atoms with E-state index in [1.54, 1.807) is 22.6 Å². The van der Waals surface area contributed by atoms with Crippen LogP contribution in [0.15, 0.2) is 42.5 Å². The lowest BCUT2D eigenvalue weighted by Gasteiger charge is -2.24. The molecule has 6 nitrogen and oxygen atoms in total. The third-order valence-corrected chi connectivity index (χ3v) is 4.61. The van der Waals surface area contributed by atoms with Crippen molar-refractivity contribution in [1.29, 1.82) is 0 Å². The van der Waals surface area contributed by atoms with Gasteiger partial charge in [-0.1, -0.05) is 18.2 Å². The Morgan fingerprint density at radius 2 is 1.96 bits per heavy atom. The first-order valence-electron chi connectivity index (χ1n) is 6.92. The summed E-state index contributed by atoms with van der Waals surface area (Å²) < 4.78 is 13.2. The third kappa shape index (κ3) is 4.06. The molecule has 2 aromatic rings. The number of nitro benzene ring substituents is 1. The molecular weight excluding hydrogens is 430 g/mol. The Morgan fingerprint density at radius 3 is 2.54 bits per heavy atom. The molecule has 0 heterocycles. The zero-order chi connectivity index (χ0) is 17.9. The van der Waals surface area contributed by atoms with E-state index in [1.807, 2.05) is 0 Å². The molecule has 8 heteroatoms. The highest BCUT2D eigenvalue weighted by Gasteiger charge is 2.25. The van der Waals surface area contributed by atoms with Crippen molar-refractivity contribution in [3.8, 4) is 0 Å². The van der Waals surface area contributed by atoms with E-state index in [0.29, 0.717) is 5.56 Å². The average molecular weight is 444 g/mol. The Kier molecular flexibility index (Phi) is 5.50. The largest absolute Gasteiger partial charge is 0.384 e. The summed E-state index contributed by atoms with van der Waals surface area (Å²) in [4.78, 5) is 22.6. The topological polar surface area (TPSA) is 92.5 Å². The molecular formula is C16H14FIN2O4. The van der Waals surface area contributed by atoms with E-state index in [9.17, 15) is 24.4 Å². The summed E-state index contributed by atoms with van der Waals surface area (Å²) in [5.41, 5.74) is -0.971. The maximum Gasteiger partial charge on any atom is 0.283 e. The van der Waals surface area contributed by atoms with Gasteiger partial charge in [0.25, 0.3) is 11.6 Å². The van der Waals surface area contributed by atoms with Crippen LogP contribution in [0.2, 0.25) is 0 Å². The quantitative estimate of drug-likeness (QED) is 0.422. The lowest BCUT2D eigenvalue weighted by atomic mass is 9.96. The first-order chi connectivity index (χ1) is 11.2. The molecule has 0 fully saturated rings. The van der Waals surface area contributed by atoms with Crippen molar-refractivity contribution >= 4 is 34.2 Å². The second-order valence-electron chi connectivity index (χ2n) is 5.36. The van der Waals surface area contributed by atoms with Crippen molar-refractivity contribution < 1.29 is 19.2 Å².